The molecule has 0 spiro atoms. The van der Waals surface area contributed by atoms with Gasteiger partial charge in [0.05, 0.1) is 10.7 Å². The maximum absolute atomic E-state index is 12.1. The minimum absolute atomic E-state index is 0.207. The summed E-state index contributed by atoms with van der Waals surface area (Å²) in [6, 6.07) is 10.6. The lowest BCUT2D eigenvalue weighted by molar-refractivity contribution is -0.123. The van der Waals surface area contributed by atoms with E-state index in [1.54, 1.807) is 25.3 Å². The van der Waals surface area contributed by atoms with Crippen LogP contribution in [-0.2, 0) is 4.79 Å². The third kappa shape index (κ3) is 6.10. The Kier molecular flexibility index (Phi) is 7.91. The molecule has 2 amide bonds. The van der Waals surface area contributed by atoms with Gasteiger partial charge in [0.2, 0.25) is 0 Å². The molecule has 2 aromatic rings. The van der Waals surface area contributed by atoms with Gasteiger partial charge in [-0.3, -0.25) is 20.4 Å². The molecule has 0 unspecified atom stereocenters. The number of amides is 2. The van der Waals surface area contributed by atoms with Crippen LogP contribution in [0.4, 0.5) is 0 Å². The van der Waals surface area contributed by atoms with Crippen molar-refractivity contribution in [2.45, 2.75) is 19.8 Å². The number of benzene rings is 2. The molecule has 2 aromatic carbocycles. The molecular formula is C19H20BrIN2O4. The number of carbonyl (C=O) groups is 2. The Hall–Kier alpha value is -1.81. The zero-order chi connectivity index (χ0) is 20.0. The second-order valence-electron chi connectivity index (χ2n) is 5.98. The number of ether oxygens (including phenoxy) is 2. The van der Waals surface area contributed by atoms with Crippen LogP contribution in [0, 0.1) is 3.57 Å². The molecule has 6 nitrogen and oxygen atoms in total. The van der Waals surface area contributed by atoms with Gasteiger partial charge in [0.25, 0.3) is 11.8 Å². The predicted molar refractivity (Wildman–Crippen MR) is 115 cm³/mol. The van der Waals surface area contributed by atoms with E-state index in [-0.39, 0.29) is 12.5 Å². The lowest BCUT2D eigenvalue weighted by Gasteiger charge is -2.14. The van der Waals surface area contributed by atoms with E-state index in [1.165, 1.54) is 0 Å². The van der Waals surface area contributed by atoms with Gasteiger partial charge >= 0.3 is 0 Å². The molecule has 0 bridgehead atoms. The van der Waals surface area contributed by atoms with E-state index in [2.05, 4.69) is 49.4 Å². The van der Waals surface area contributed by atoms with Gasteiger partial charge in [-0.1, -0.05) is 29.8 Å². The fraction of sp³-hybridized carbons (Fsp3) is 0.263. The Morgan fingerprint density at radius 2 is 1.81 bits per heavy atom. The molecule has 0 atom stereocenters. The first-order chi connectivity index (χ1) is 12.8. The first kappa shape index (κ1) is 21.5. The van der Waals surface area contributed by atoms with Crippen molar-refractivity contribution in [2.24, 2.45) is 0 Å². The predicted octanol–water partition coefficient (Wildman–Crippen LogP) is 4.03. The van der Waals surface area contributed by atoms with Crippen LogP contribution in [0.1, 0.15) is 35.7 Å². The van der Waals surface area contributed by atoms with Crippen molar-refractivity contribution in [1.82, 2.24) is 10.9 Å². The molecule has 0 aliphatic heterocycles. The van der Waals surface area contributed by atoms with E-state index in [1.807, 2.05) is 32.0 Å². The van der Waals surface area contributed by atoms with Crippen LogP contribution in [0.2, 0.25) is 0 Å². The van der Waals surface area contributed by atoms with Crippen LogP contribution in [0.15, 0.2) is 40.9 Å². The molecule has 0 aliphatic rings. The molecular weight excluding hydrogens is 527 g/mol. The molecule has 0 saturated heterocycles. The van der Waals surface area contributed by atoms with Gasteiger partial charge in [-0.15, -0.1) is 0 Å². The highest BCUT2D eigenvalue weighted by molar-refractivity contribution is 14.1. The number of halogens is 2. The average Bonchev–Trinajstić information content (AvgIpc) is 2.64. The fourth-order valence-electron chi connectivity index (χ4n) is 2.29. The third-order valence-corrected chi connectivity index (χ3v) is 5.02. The maximum Gasteiger partial charge on any atom is 0.276 e. The Balaban J connectivity index is 1.90. The summed E-state index contributed by atoms with van der Waals surface area (Å²) < 4.78 is 12.5. The smallest absolute Gasteiger partial charge is 0.276 e. The molecule has 27 heavy (non-hydrogen) atoms. The summed E-state index contributed by atoms with van der Waals surface area (Å²) in [7, 11) is 1.56. The maximum atomic E-state index is 12.1. The van der Waals surface area contributed by atoms with Gasteiger partial charge in [-0.05, 0) is 70.5 Å². The summed E-state index contributed by atoms with van der Waals surface area (Å²) in [6.45, 7) is 3.89. The first-order valence-electron chi connectivity index (χ1n) is 8.16. The first-order valence-corrected chi connectivity index (χ1v) is 10.0. The quantitative estimate of drug-likeness (QED) is 0.424. The normalized spacial score (nSPS) is 10.4. The number of methoxy groups -OCH3 is 1. The molecule has 0 aliphatic carbocycles. The standard InChI is InChI=1S/C19H20BrIN2O4/c1-11(2)14-9-13(20)5-7-16(14)27-10-18(24)22-23-19(25)12-4-6-17(26-3)15(21)8-12/h4-9,11H,10H2,1-3H3,(H,22,24)(H,23,25). The van der Waals surface area contributed by atoms with Crippen molar-refractivity contribution in [1.29, 1.82) is 0 Å². The van der Waals surface area contributed by atoms with E-state index in [4.69, 9.17) is 9.47 Å². The Morgan fingerprint density at radius 3 is 2.44 bits per heavy atom. The van der Waals surface area contributed by atoms with Crippen LogP contribution in [0.3, 0.4) is 0 Å². The zero-order valence-corrected chi connectivity index (χ0v) is 18.9. The Morgan fingerprint density at radius 1 is 1.11 bits per heavy atom. The summed E-state index contributed by atoms with van der Waals surface area (Å²) >= 11 is 5.51. The van der Waals surface area contributed by atoms with Crippen molar-refractivity contribution < 1.29 is 19.1 Å². The molecule has 0 fully saturated rings. The number of carbonyl (C=O) groups excluding carboxylic acids is 2. The highest BCUT2D eigenvalue weighted by Crippen LogP contribution is 2.29. The summed E-state index contributed by atoms with van der Waals surface area (Å²) in [6.07, 6.45) is 0. The van der Waals surface area contributed by atoms with Gasteiger partial charge in [0, 0.05) is 10.0 Å². The van der Waals surface area contributed by atoms with Crippen molar-refractivity contribution in [3.8, 4) is 11.5 Å². The van der Waals surface area contributed by atoms with E-state index in [0.717, 1.165) is 13.6 Å². The number of hydrazine groups is 1. The van der Waals surface area contributed by atoms with E-state index in [0.29, 0.717) is 17.1 Å². The van der Waals surface area contributed by atoms with Crippen molar-refractivity contribution >= 4 is 50.3 Å². The van der Waals surface area contributed by atoms with Crippen LogP contribution in [-0.4, -0.2) is 25.5 Å². The number of nitrogens with one attached hydrogen (secondary N) is 2. The van der Waals surface area contributed by atoms with Crippen LogP contribution >= 0.6 is 38.5 Å². The summed E-state index contributed by atoms with van der Waals surface area (Å²) in [5, 5.41) is 0. The van der Waals surface area contributed by atoms with Crippen LogP contribution in [0.25, 0.3) is 0 Å². The van der Waals surface area contributed by atoms with Crippen LogP contribution < -0.4 is 20.3 Å². The van der Waals surface area contributed by atoms with E-state index in [9.17, 15) is 9.59 Å². The summed E-state index contributed by atoms with van der Waals surface area (Å²) in [5.41, 5.74) is 6.14. The van der Waals surface area contributed by atoms with Crippen LogP contribution in [0.5, 0.6) is 11.5 Å². The topological polar surface area (TPSA) is 76.7 Å². The lowest BCUT2D eigenvalue weighted by atomic mass is 10.0. The second kappa shape index (κ2) is 9.93. The fourth-order valence-corrected chi connectivity index (χ4v) is 3.40. The largest absolute Gasteiger partial charge is 0.496 e. The lowest BCUT2D eigenvalue weighted by Crippen LogP contribution is -2.43. The summed E-state index contributed by atoms with van der Waals surface area (Å²) in [4.78, 5) is 24.1. The number of hydrogen-bond donors (Lipinski definition) is 2. The molecule has 144 valence electrons. The molecule has 2 N–H and O–H groups in total. The van der Waals surface area contributed by atoms with E-state index < -0.39 is 11.8 Å². The molecule has 8 heteroatoms. The van der Waals surface area contributed by atoms with E-state index >= 15 is 0 Å². The van der Waals surface area contributed by atoms with Gasteiger partial charge in [-0.25, -0.2) is 0 Å². The average molecular weight is 547 g/mol. The molecule has 0 saturated carbocycles. The van der Waals surface area contributed by atoms with Gasteiger partial charge in [0.15, 0.2) is 6.61 Å². The monoisotopic (exact) mass is 546 g/mol. The SMILES string of the molecule is COc1ccc(C(=O)NNC(=O)COc2ccc(Br)cc2C(C)C)cc1I. The van der Waals surface area contributed by atoms with Gasteiger partial charge in [0.1, 0.15) is 11.5 Å². The Bertz CT molecular complexity index is 842. The van der Waals surface area contributed by atoms with Gasteiger partial charge in [-0.2, -0.15) is 0 Å². The van der Waals surface area contributed by atoms with Crippen molar-refractivity contribution in [3.63, 3.8) is 0 Å². The zero-order valence-electron chi connectivity index (χ0n) is 15.1. The summed E-state index contributed by atoms with van der Waals surface area (Å²) in [5.74, 6) is 0.692. The third-order valence-electron chi connectivity index (χ3n) is 3.68. The molecule has 2 rings (SSSR count). The minimum Gasteiger partial charge on any atom is -0.496 e. The van der Waals surface area contributed by atoms with Gasteiger partial charge < -0.3 is 9.47 Å². The van der Waals surface area contributed by atoms with Crippen molar-refractivity contribution in [2.75, 3.05) is 13.7 Å². The van der Waals surface area contributed by atoms with Crippen molar-refractivity contribution in [3.05, 3.63) is 55.6 Å². The second-order valence-corrected chi connectivity index (χ2v) is 8.06. The number of hydrogen-bond acceptors (Lipinski definition) is 4. The minimum atomic E-state index is -0.454. The highest BCUT2D eigenvalue weighted by atomic mass is 127. The molecule has 0 radical (unpaired) electrons. The highest BCUT2D eigenvalue weighted by Gasteiger charge is 2.12. The molecule has 0 aromatic heterocycles. The Labute approximate surface area is 180 Å². The number of rotatable bonds is 6. The molecule has 0 heterocycles.